The van der Waals surface area contributed by atoms with Crippen molar-refractivity contribution in [2.75, 3.05) is 6.54 Å². The minimum absolute atomic E-state index is 0. The Morgan fingerprint density at radius 1 is 0.565 bits per heavy atom. The second kappa shape index (κ2) is 56.2. The summed E-state index contributed by atoms with van der Waals surface area (Å²) in [6.07, 6.45) is 47.2. The molecule has 0 rings (SSSR count). The Morgan fingerprint density at radius 2 is 0.928 bits per heavy atom. The number of allylic oxidation sites excluding steroid dienone is 16. The zero-order valence-electron chi connectivity index (χ0n) is 41.7. The Balaban J connectivity index is -0.000000298. The molecule has 0 aliphatic heterocycles. The van der Waals surface area contributed by atoms with Gasteiger partial charge in [0, 0.05) is 5.97 Å². The van der Waals surface area contributed by atoms with Gasteiger partial charge in [-0.1, -0.05) is 192 Å². The summed E-state index contributed by atoms with van der Waals surface area (Å²) < 4.78 is 0. The van der Waals surface area contributed by atoms with E-state index in [-0.39, 0.29) is 32.3 Å². The fraction of sp³-hybridized carbons (Fsp3) is 0.481. The van der Waals surface area contributed by atoms with Crippen molar-refractivity contribution in [2.24, 2.45) is 5.92 Å². The number of aliphatic hydroxyl groups excluding tert-OH is 6. The maximum Gasteiger partial charge on any atom is 2.00 e. The van der Waals surface area contributed by atoms with Gasteiger partial charge in [0.15, 0.2) is 0 Å². The van der Waals surface area contributed by atoms with Crippen LogP contribution >= 0.6 is 0 Å². The van der Waals surface area contributed by atoms with E-state index in [1.807, 2.05) is 61.6 Å². The number of nitrogens with one attached hydrogen (secondary N) is 1. The van der Waals surface area contributed by atoms with Crippen LogP contribution < -0.4 is 10.8 Å². The van der Waals surface area contributed by atoms with Crippen LogP contribution in [0.4, 0.5) is 0 Å². The summed E-state index contributed by atoms with van der Waals surface area (Å²) >= 11 is 0. The van der Waals surface area contributed by atoms with Crippen LogP contribution in [0, 0.1) is 12.8 Å². The quantitative estimate of drug-likeness (QED) is 0.0106. The molecule has 0 aromatic carbocycles. The first-order valence-electron chi connectivity index (χ1n) is 23.4. The van der Waals surface area contributed by atoms with E-state index in [0.717, 1.165) is 45.1 Å². The fourth-order valence-electron chi connectivity index (χ4n) is 4.52. The van der Waals surface area contributed by atoms with E-state index in [1.54, 1.807) is 85.1 Å². The van der Waals surface area contributed by atoms with Crippen LogP contribution in [-0.4, -0.2) is 108 Å². The summed E-state index contributed by atoms with van der Waals surface area (Å²) in [4.78, 5) is 30.0. The third-order valence-electron chi connectivity index (χ3n) is 8.57. The van der Waals surface area contributed by atoms with E-state index in [4.69, 9.17) is 15.9 Å². The fourth-order valence-corrected chi connectivity index (χ4v) is 4.52. The SMILES string of the molecule is CC/C=C\C[C@@H](O)/C=C/C=C\C=C\C=C\[C@@H](O)[C@@H](O)C/C=C\CCC.CC/C=C\C[C@@H](O)/C=C/C=C\C=C\C=C\[C@@H](O)[C@@H](O)C/C=C\CCC(=O)[O-].C[C@H]([NH-])C(=O)O.[CH2-][C@@H](CCCC[NH3+])C(=O)O.[Zn+2]. The van der Waals surface area contributed by atoms with E-state index in [0.29, 0.717) is 32.1 Å². The number of aliphatic hydroxyl groups is 6. The maximum absolute atomic E-state index is 10.2. The standard InChI is InChI=1S/C22H32O5.C22H34O3.C7H14NO2.C3H6NO2.Zn/c1-2-3-9-14-19(23)15-10-6-4-5-7-11-16-20(24)21(25)17-12-8-13-18-22(26)27;1-3-5-7-14-18-21(24)22(25)19-15-11-9-8-10-13-17-20(23)16-12-6-4-2;1-6(7(9)10)4-2-3-5-8;1-2(4)3(5)6;/h3-12,15-16,19-21,23-25H,2,13-14,17-18H2,1H3,(H,26,27);6-15,17,19-25H,3-5,16,18H2,1-2H3;6H,1-5,8H2,(H,9,10);2,4H,1H3,(H,5,6);/q;;2*-1;+2/b6-4-,7-5+,9-3-,12-8-,15-10+,16-11+;10-8-,11-9+,12-6-,14-7-,17-13+,19-15+;;;/t19-,20-,21+;20-,21+,22-;6-;2-;/m1100./s1. The van der Waals surface area contributed by atoms with E-state index in [1.165, 1.54) is 13.0 Å². The number of hydrogen-bond donors (Lipinski definition) is 9. The summed E-state index contributed by atoms with van der Waals surface area (Å²) in [6, 6.07) is -0.981. The Kier molecular flexibility index (Phi) is 59.9. The number of rotatable bonds is 33. The van der Waals surface area contributed by atoms with E-state index < -0.39 is 66.5 Å². The monoisotopic (exact) mass is 1020 g/mol. The number of carbonyl (C=O) groups is 3. The van der Waals surface area contributed by atoms with Crippen molar-refractivity contribution < 1.29 is 85.6 Å². The van der Waals surface area contributed by atoms with Gasteiger partial charge in [-0.15, -0.1) is 0 Å². The Labute approximate surface area is 426 Å². The van der Waals surface area contributed by atoms with Crippen LogP contribution in [-0.2, 0) is 33.9 Å². The molecule has 0 aromatic rings. The number of carboxylic acids is 3. The molecule has 14 nitrogen and oxygen atoms in total. The van der Waals surface area contributed by atoms with Crippen LogP contribution in [0.2, 0.25) is 0 Å². The second-order valence-corrected chi connectivity index (χ2v) is 15.1. The summed E-state index contributed by atoms with van der Waals surface area (Å²) in [7, 11) is 0. The van der Waals surface area contributed by atoms with Crippen molar-refractivity contribution in [3.05, 3.63) is 158 Å². The van der Waals surface area contributed by atoms with Crippen molar-refractivity contribution in [1.82, 2.24) is 0 Å². The van der Waals surface area contributed by atoms with Crippen molar-refractivity contribution in [2.45, 2.75) is 154 Å². The molecule has 8 atom stereocenters. The van der Waals surface area contributed by atoms with Crippen LogP contribution in [0.25, 0.3) is 5.73 Å². The minimum Gasteiger partial charge on any atom is -0.666 e. The molecule has 0 fully saturated rings. The van der Waals surface area contributed by atoms with E-state index in [9.17, 15) is 50.1 Å². The molecule has 0 heterocycles. The topological polar surface area (TPSA) is 288 Å². The second-order valence-electron chi connectivity index (χ2n) is 15.1. The number of hydrogen-bond acceptors (Lipinski definition) is 10. The molecule has 0 radical (unpaired) electrons. The van der Waals surface area contributed by atoms with Crippen molar-refractivity contribution in [3.63, 3.8) is 0 Å². The van der Waals surface area contributed by atoms with Gasteiger partial charge in [0.25, 0.3) is 11.9 Å². The smallest absolute Gasteiger partial charge is 0.666 e. The van der Waals surface area contributed by atoms with Gasteiger partial charge in [-0.2, -0.15) is 0 Å². The minimum atomic E-state index is -1.11. The van der Waals surface area contributed by atoms with Crippen molar-refractivity contribution in [1.29, 1.82) is 0 Å². The molecule has 15 heteroatoms. The third kappa shape index (κ3) is 61.6. The number of carbonyl (C=O) groups excluding carboxylic acids is 1. The average Bonchev–Trinajstić information content (AvgIpc) is 3.29. The first kappa shape index (κ1) is 73.6. The zero-order chi connectivity index (χ0) is 52.2. The average molecular weight is 1020 g/mol. The normalized spacial score (nSPS) is 15.8. The van der Waals surface area contributed by atoms with Gasteiger partial charge in [0.1, 0.15) is 0 Å². The molecule has 0 bridgehead atoms. The van der Waals surface area contributed by atoms with Gasteiger partial charge in [-0.25, -0.2) is 0 Å². The number of aliphatic carboxylic acids is 3. The van der Waals surface area contributed by atoms with E-state index >= 15 is 0 Å². The van der Waals surface area contributed by atoms with Gasteiger partial charge in [-0.3, -0.25) is 9.59 Å². The van der Waals surface area contributed by atoms with Crippen molar-refractivity contribution in [3.8, 4) is 0 Å². The van der Waals surface area contributed by atoms with Gasteiger partial charge in [0.2, 0.25) is 0 Å². The molecule has 386 valence electrons. The molecule has 12 N–H and O–H groups in total. The molecule has 0 aliphatic carbocycles. The molecule has 0 aliphatic rings. The first-order valence-corrected chi connectivity index (χ1v) is 23.4. The summed E-state index contributed by atoms with van der Waals surface area (Å²) in [5.74, 6) is -3.43. The zero-order valence-corrected chi connectivity index (χ0v) is 44.7. The number of unbranched alkanes of at least 4 members (excludes halogenated alkanes) is 2. The van der Waals surface area contributed by atoms with Crippen molar-refractivity contribution >= 4 is 17.9 Å². The van der Waals surface area contributed by atoms with Gasteiger partial charge >= 0.3 is 19.5 Å². The predicted octanol–water partition coefficient (Wildman–Crippen LogP) is 6.97. The van der Waals surface area contributed by atoms with Gasteiger partial charge < -0.3 is 69.1 Å². The molecule has 0 aromatic heterocycles. The Morgan fingerprint density at radius 3 is 1.26 bits per heavy atom. The molecular formula is C54H86N2O12Zn. The van der Waals surface area contributed by atoms with Gasteiger partial charge in [0.05, 0.1) is 43.2 Å². The molecule has 0 unspecified atom stereocenters. The van der Waals surface area contributed by atoms with E-state index in [2.05, 4.69) is 26.5 Å². The molecule has 0 amide bonds. The summed E-state index contributed by atoms with van der Waals surface area (Å²) in [6.45, 7) is 11.9. The summed E-state index contributed by atoms with van der Waals surface area (Å²) in [5, 5.41) is 84.9. The third-order valence-corrected chi connectivity index (χ3v) is 8.57. The summed E-state index contributed by atoms with van der Waals surface area (Å²) in [5.41, 5.74) is 10.1. The molecule has 0 saturated heterocycles. The Hall–Kier alpha value is -4.41. The molecular weight excluding hydrogens is 934 g/mol. The molecule has 0 saturated carbocycles. The first-order chi connectivity index (χ1) is 32.4. The number of quaternary nitrogens is 1. The molecule has 0 spiro atoms. The van der Waals surface area contributed by atoms with Gasteiger partial charge in [-0.05, 0) is 76.7 Å². The number of carboxylic acid groups (broad SMARTS) is 3. The van der Waals surface area contributed by atoms with Crippen LogP contribution in [0.1, 0.15) is 111 Å². The predicted molar refractivity (Wildman–Crippen MR) is 273 cm³/mol. The van der Waals surface area contributed by atoms with Crippen LogP contribution in [0.15, 0.2) is 146 Å². The maximum atomic E-state index is 10.2. The Bertz CT molecular complexity index is 1590. The largest absolute Gasteiger partial charge is 2.00 e. The van der Waals surface area contributed by atoms with Crippen LogP contribution in [0.3, 0.4) is 0 Å². The molecule has 69 heavy (non-hydrogen) atoms. The van der Waals surface area contributed by atoms with Crippen LogP contribution in [0.5, 0.6) is 0 Å².